The van der Waals surface area contributed by atoms with Crippen molar-refractivity contribution >= 4 is 41.9 Å². The molecule has 1 N–H and O–H groups in total. The van der Waals surface area contributed by atoms with E-state index in [0.717, 1.165) is 4.47 Å². The number of nitrogens with one attached hydrogen (secondary N) is 1. The van der Waals surface area contributed by atoms with Crippen LogP contribution in [0.1, 0.15) is 0 Å². The second kappa shape index (κ2) is 6.29. The number of nitrogens with zero attached hydrogens (tertiary/aromatic N) is 1. The summed E-state index contributed by atoms with van der Waals surface area (Å²) in [6, 6.07) is 5.09. The van der Waals surface area contributed by atoms with Crippen LogP contribution in [-0.2, 0) is 10.0 Å². The summed E-state index contributed by atoms with van der Waals surface area (Å²) in [7, 11) is -0.0913. The Balaban J connectivity index is 3.08. The standard InChI is InChI=1S/C10H14Br2N2O2S/c1-13-5-6-14(2)17(15,16)10-7-8(11)3-4-9(10)12/h3-4,7,13H,5-6H2,1-2H3. The third-order valence-corrected chi connectivity index (χ3v) is 5.60. The van der Waals surface area contributed by atoms with Crippen LogP contribution in [0, 0.1) is 0 Å². The van der Waals surface area contributed by atoms with Gasteiger partial charge in [0.2, 0.25) is 10.0 Å². The van der Waals surface area contributed by atoms with Crippen LogP contribution in [0.15, 0.2) is 32.0 Å². The lowest BCUT2D eigenvalue weighted by Crippen LogP contribution is -2.33. The summed E-state index contributed by atoms with van der Waals surface area (Å²) in [5.74, 6) is 0. The molecule has 0 unspecified atom stereocenters. The third kappa shape index (κ3) is 3.75. The molecule has 7 heteroatoms. The van der Waals surface area contributed by atoms with Gasteiger partial charge in [-0.25, -0.2) is 8.42 Å². The molecule has 4 nitrogen and oxygen atoms in total. The van der Waals surface area contributed by atoms with Gasteiger partial charge in [-0.05, 0) is 41.2 Å². The van der Waals surface area contributed by atoms with E-state index in [2.05, 4.69) is 37.2 Å². The zero-order valence-electron chi connectivity index (χ0n) is 9.57. The molecule has 0 saturated carbocycles. The quantitative estimate of drug-likeness (QED) is 0.843. The van der Waals surface area contributed by atoms with Gasteiger partial charge in [-0.2, -0.15) is 4.31 Å². The molecule has 1 aromatic rings. The molecular formula is C10H14Br2N2O2S. The molecule has 17 heavy (non-hydrogen) atoms. The number of likely N-dealkylation sites (N-methyl/N-ethyl adjacent to an activating group) is 2. The first-order valence-electron chi connectivity index (χ1n) is 4.95. The first kappa shape index (κ1) is 15.1. The third-order valence-electron chi connectivity index (χ3n) is 2.26. The maximum absolute atomic E-state index is 12.3. The summed E-state index contributed by atoms with van der Waals surface area (Å²) in [5, 5.41) is 2.92. The van der Waals surface area contributed by atoms with Crippen molar-refractivity contribution in [3.05, 3.63) is 27.1 Å². The Hall–Kier alpha value is 0.0500. The number of benzene rings is 1. The van der Waals surface area contributed by atoms with Crippen LogP contribution in [0.4, 0.5) is 0 Å². The first-order valence-corrected chi connectivity index (χ1v) is 7.98. The molecule has 0 aliphatic rings. The van der Waals surface area contributed by atoms with E-state index < -0.39 is 10.0 Å². The molecule has 0 aliphatic carbocycles. The van der Waals surface area contributed by atoms with Crippen molar-refractivity contribution < 1.29 is 8.42 Å². The summed E-state index contributed by atoms with van der Waals surface area (Å²) in [6.07, 6.45) is 0. The van der Waals surface area contributed by atoms with E-state index in [1.165, 1.54) is 4.31 Å². The molecular weight excluding hydrogens is 372 g/mol. The minimum Gasteiger partial charge on any atom is -0.318 e. The SMILES string of the molecule is CNCCN(C)S(=O)(=O)c1cc(Br)ccc1Br. The van der Waals surface area contributed by atoms with Crippen molar-refractivity contribution in [2.75, 3.05) is 27.2 Å². The maximum Gasteiger partial charge on any atom is 0.244 e. The molecule has 1 rings (SSSR count). The number of hydrogen-bond acceptors (Lipinski definition) is 3. The lowest BCUT2D eigenvalue weighted by molar-refractivity contribution is 0.465. The van der Waals surface area contributed by atoms with Gasteiger partial charge in [0.25, 0.3) is 0 Å². The largest absolute Gasteiger partial charge is 0.318 e. The van der Waals surface area contributed by atoms with Crippen LogP contribution in [0.3, 0.4) is 0 Å². The van der Waals surface area contributed by atoms with Gasteiger partial charge in [-0.1, -0.05) is 15.9 Å². The molecule has 0 amide bonds. The molecule has 0 fully saturated rings. The van der Waals surface area contributed by atoms with Gasteiger partial charge in [0.05, 0.1) is 4.90 Å². The smallest absolute Gasteiger partial charge is 0.244 e. The van der Waals surface area contributed by atoms with Crippen LogP contribution >= 0.6 is 31.9 Å². The lowest BCUT2D eigenvalue weighted by atomic mass is 10.4. The Kier molecular flexibility index (Phi) is 5.59. The summed E-state index contributed by atoms with van der Waals surface area (Å²) >= 11 is 6.53. The van der Waals surface area contributed by atoms with Gasteiger partial charge in [-0.15, -0.1) is 0 Å². The minimum atomic E-state index is -3.45. The summed E-state index contributed by atoms with van der Waals surface area (Å²) in [6.45, 7) is 1.04. The molecule has 0 bridgehead atoms. The number of rotatable bonds is 5. The highest BCUT2D eigenvalue weighted by molar-refractivity contribution is 9.11. The topological polar surface area (TPSA) is 49.4 Å². The van der Waals surface area contributed by atoms with Crippen molar-refractivity contribution in [1.82, 2.24) is 9.62 Å². The molecule has 0 saturated heterocycles. The summed E-state index contributed by atoms with van der Waals surface area (Å²) < 4.78 is 27.2. The van der Waals surface area contributed by atoms with E-state index in [9.17, 15) is 8.42 Å². The van der Waals surface area contributed by atoms with Gasteiger partial charge in [-0.3, -0.25) is 0 Å². The van der Waals surface area contributed by atoms with Crippen LogP contribution < -0.4 is 5.32 Å². The van der Waals surface area contributed by atoms with E-state index in [1.807, 2.05) is 0 Å². The Morgan fingerprint density at radius 2 is 2.00 bits per heavy atom. The number of sulfonamides is 1. The van der Waals surface area contributed by atoms with Crippen molar-refractivity contribution in [2.45, 2.75) is 4.90 Å². The Bertz CT molecular complexity index is 491. The molecule has 0 aliphatic heterocycles. The molecule has 0 heterocycles. The van der Waals surface area contributed by atoms with Gasteiger partial charge in [0, 0.05) is 29.1 Å². The fraction of sp³-hybridized carbons (Fsp3) is 0.400. The van der Waals surface area contributed by atoms with Crippen molar-refractivity contribution in [3.63, 3.8) is 0 Å². The predicted molar refractivity (Wildman–Crippen MR) is 75.6 cm³/mol. The Morgan fingerprint density at radius 3 is 2.59 bits per heavy atom. The normalized spacial score (nSPS) is 12.1. The van der Waals surface area contributed by atoms with Gasteiger partial charge < -0.3 is 5.32 Å². The fourth-order valence-corrected chi connectivity index (χ4v) is 3.86. The van der Waals surface area contributed by atoms with E-state index in [0.29, 0.717) is 17.6 Å². The van der Waals surface area contributed by atoms with Crippen molar-refractivity contribution in [1.29, 1.82) is 0 Å². The summed E-state index contributed by atoms with van der Waals surface area (Å²) in [5.41, 5.74) is 0. The highest BCUT2D eigenvalue weighted by Gasteiger charge is 2.23. The number of hydrogen-bond donors (Lipinski definition) is 1. The second-order valence-corrected chi connectivity index (χ2v) is 7.29. The molecule has 0 spiro atoms. The van der Waals surface area contributed by atoms with Crippen molar-refractivity contribution in [2.24, 2.45) is 0 Å². The predicted octanol–water partition coefficient (Wildman–Crippen LogP) is 2.05. The second-order valence-electron chi connectivity index (χ2n) is 3.50. The molecule has 96 valence electrons. The average Bonchev–Trinajstić information content (AvgIpc) is 2.28. The Labute approximate surface area is 119 Å². The number of halogens is 2. The molecule has 1 aromatic carbocycles. The minimum absolute atomic E-state index is 0.269. The Morgan fingerprint density at radius 1 is 1.35 bits per heavy atom. The highest BCUT2D eigenvalue weighted by atomic mass is 79.9. The molecule has 0 atom stereocenters. The van der Waals surface area contributed by atoms with Crippen LogP contribution in [0.25, 0.3) is 0 Å². The van der Waals surface area contributed by atoms with E-state index in [-0.39, 0.29) is 4.90 Å². The van der Waals surface area contributed by atoms with Crippen LogP contribution in [0.2, 0.25) is 0 Å². The summed E-state index contributed by atoms with van der Waals surface area (Å²) in [4.78, 5) is 0.269. The molecule has 0 radical (unpaired) electrons. The first-order chi connectivity index (χ1) is 7.89. The van der Waals surface area contributed by atoms with Gasteiger partial charge in [0.15, 0.2) is 0 Å². The lowest BCUT2D eigenvalue weighted by Gasteiger charge is -2.18. The zero-order valence-corrected chi connectivity index (χ0v) is 13.6. The molecule has 0 aromatic heterocycles. The highest BCUT2D eigenvalue weighted by Crippen LogP contribution is 2.27. The fourth-order valence-electron chi connectivity index (χ4n) is 1.23. The van der Waals surface area contributed by atoms with E-state index >= 15 is 0 Å². The monoisotopic (exact) mass is 384 g/mol. The maximum atomic E-state index is 12.3. The van der Waals surface area contributed by atoms with Crippen molar-refractivity contribution in [3.8, 4) is 0 Å². The van der Waals surface area contributed by atoms with Gasteiger partial charge in [0.1, 0.15) is 0 Å². The van der Waals surface area contributed by atoms with E-state index in [1.54, 1.807) is 32.3 Å². The van der Waals surface area contributed by atoms with Crippen LogP contribution in [0.5, 0.6) is 0 Å². The average molecular weight is 386 g/mol. The van der Waals surface area contributed by atoms with E-state index in [4.69, 9.17) is 0 Å². The van der Waals surface area contributed by atoms with Crippen LogP contribution in [-0.4, -0.2) is 39.9 Å². The zero-order chi connectivity index (χ0) is 13.1. The van der Waals surface area contributed by atoms with Gasteiger partial charge >= 0.3 is 0 Å².